The van der Waals surface area contributed by atoms with Gasteiger partial charge in [-0.05, 0) is 12.1 Å². The molecule has 0 amide bonds. The van der Waals surface area contributed by atoms with Crippen molar-refractivity contribution >= 4 is 17.2 Å². The minimum absolute atomic E-state index is 0.548. The van der Waals surface area contributed by atoms with Crippen LogP contribution in [0.15, 0.2) is 30.3 Å². The van der Waals surface area contributed by atoms with Crippen LogP contribution in [0.1, 0.15) is 6.42 Å². The number of rotatable bonds is 10. The summed E-state index contributed by atoms with van der Waals surface area (Å²) in [5, 5.41) is 0. The standard InChI is InChI=1S/C14H22N2O2S/c1-17-11-9-16(8-7-14(15)19)10-12-18-13-5-3-2-4-6-13/h2-6H,7-12H2,1H3,(H2,15,19). The monoisotopic (exact) mass is 282 g/mol. The minimum Gasteiger partial charge on any atom is -0.492 e. The molecule has 0 fully saturated rings. The molecule has 1 aromatic rings. The lowest BCUT2D eigenvalue weighted by Gasteiger charge is -2.21. The zero-order chi connectivity index (χ0) is 13.9. The van der Waals surface area contributed by atoms with Crippen LogP contribution in [0, 0.1) is 0 Å². The van der Waals surface area contributed by atoms with Crippen LogP contribution in [0.5, 0.6) is 5.75 Å². The molecule has 19 heavy (non-hydrogen) atoms. The number of nitrogens with zero attached hydrogens (tertiary/aromatic N) is 1. The number of methoxy groups -OCH3 is 1. The number of hydrogen-bond donors (Lipinski definition) is 1. The number of ether oxygens (including phenoxy) is 2. The van der Waals surface area contributed by atoms with Crippen LogP contribution in [-0.2, 0) is 4.74 Å². The summed E-state index contributed by atoms with van der Waals surface area (Å²) in [5.41, 5.74) is 5.53. The van der Waals surface area contributed by atoms with Crippen molar-refractivity contribution in [3.8, 4) is 5.75 Å². The van der Waals surface area contributed by atoms with E-state index in [1.54, 1.807) is 7.11 Å². The zero-order valence-electron chi connectivity index (χ0n) is 11.4. The molecule has 1 rings (SSSR count). The largest absolute Gasteiger partial charge is 0.492 e. The van der Waals surface area contributed by atoms with Gasteiger partial charge >= 0.3 is 0 Å². The molecule has 2 N–H and O–H groups in total. The lowest BCUT2D eigenvalue weighted by atomic mass is 10.3. The first-order valence-corrected chi connectivity index (χ1v) is 6.80. The summed E-state index contributed by atoms with van der Waals surface area (Å²) in [6.45, 7) is 3.88. The van der Waals surface area contributed by atoms with Crippen molar-refractivity contribution in [1.29, 1.82) is 0 Å². The summed E-state index contributed by atoms with van der Waals surface area (Å²) in [6, 6.07) is 9.80. The van der Waals surface area contributed by atoms with E-state index in [0.717, 1.165) is 31.8 Å². The second-order valence-electron chi connectivity index (χ2n) is 4.21. The molecular weight excluding hydrogens is 260 g/mol. The van der Waals surface area contributed by atoms with Gasteiger partial charge in [-0.15, -0.1) is 0 Å². The second-order valence-corrected chi connectivity index (χ2v) is 4.74. The maximum absolute atomic E-state index is 5.68. The molecule has 0 aliphatic carbocycles. The second kappa shape index (κ2) is 9.72. The highest BCUT2D eigenvalue weighted by molar-refractivity contribution is 7.80. The average Bonchev–Trinajstić information content (AvgIpc) is 2.42. The van der Waals surface area contributed by atoms with Gasteiger partial charge in [0.2, 0.25) is 0 Å². The van der Waals surface area contributed by atoms with Crippen LogP contribution in [0.3, 0.4) is 0 Å². The predicted molar refractivity (Wildman–Crippen MR) is 81.7 cm³/mol. The van der Waals surface area contributed by atoms with E-state index in [1.165, 1.54) is 0 Å². The Labute approximate surface area is 120 Å². The zero-order valence-corrected chi connectivity index (χ0v) is 12.2. The van der Waals surface area contributed by atoms with E-state index in [4.69, 9.17) is 27.4 Å². The fourth-order valence-corrected chi connectivity index (χ4v) is 1.72. The van der Waals surface area contributed by atoms with Crippen LogP contribution in [0.2, 0.25) is 0 Å². The Balaban J connectivity index is 2.28. The summed E-state index contributed by atoms with van der Waals surface area (Å²) < 4.78 is 10.8. The van der Waals surface area contributed by atoms with Gasteiger partial charge in [-0.3, -0.25) is 4.90 Å². The fraction of sp³-hybridized carbons (Fsp3) is 0.500. The van der Waals surface area contributed by atoms with Crippen molar-refractivity contribution in [2.24, 2.45) is 5.73 Å². The Morgan fingerprint density at radius 3 is 2.47 bits per heavy atom. The van der Waals surface area contributed by atoms with E-state index in [1.807, 2.05) is 30.3 Å². The molecule has 106 valence electrons. The van der Waals surface area contributed by atoms with Gasteiger partial charge in [-0.25, -0.2) is 0 Å². The lowest BCUT2D eigenvalue weighted by molar-refractivity contribution is 0.136. The van der Waals surface area contributed by atoms with E-state index in [-0.39, 0.29) is 0 Å². The molecule has 1 aromatic carbocycles. The maximum Gasteiger partial charge on any atom is 0.119 e. The molecule has 5 heteroatoms. The van der Waals surface area contributed by atoms with E-state index in [0.29, 0.717) is 18.2 Å². The fourth-order valence-electron chi connectivity index (χ4n) is 1.63. The highest BCUT2D eigenvalue weighted by Gasteiger charge is 2.05. The molecule has 0 atom stereocenters. The molecule has 0 radical (unpaired) electrons. The molecule has 0 saturated heterocycles. The Kier molecular flexibility index (Phi) is 8.13. The third-order valence-corrected chi connectivity index (χ3v) is 2.91. The number of thiocarbonyl (C=S) groups is 1. The number of nitrogens with two attached hydrogens (primary N) is 1. The Bertz CT molecular complexity index is 360. The SMILES string of the molecule is COCCN(CCOc1ccccc1)CCC(N)=S. The number of benzene rings is 1. The van der Waals surface area contributed by atoms with Gasteiger partial charge in [-0.2, -0.15) is 0 Å². The number of para-hydroxylation sites is 1. The molecular formula is C14H22N2O2S. The molecule has 0 aliphatic heterocycles. The first-order chi connectivity index (χ1) is 9.22. The minimum atomic E-state index is 0.548. The first kappa shape index (κ1) is 15.9. The highest BCUT2D eigenvalue weighted by atomic mass is 32.1. The van der Waals surface area contributed by atoms with Crippen molar-refractivity contribution in [2.75, 3.05) is 40.0 Å². The van der Waals surface area contributed by atoms with E-state index in [2.05, 4.69) is 4.90 Å². The molecule has 0 aliphatic rings. The molecule has 0 spiro atoms. The maximum atomic E-state index is 5.68. The molecule has 0 heterocycles. The van der Waals surface area contributed by atoms with Crippen molar-refractivity contribution in [3.63, 3.8) is 0 Å². The van der Waals surface area contributed by atoms with Crippen LogP contribution in [0.25, 0.3) is 0 Å². The van der Waals surface area contributed by atoms with Gasteiger partial charge in [0.25, 0.3) is 0 Å². The predicted octanol–water partition coefficient (Wildman–Crippen LogP) is 1.69. The number of hydrogen-bond acceptors (Lipinski definition) is 4. The average molecular weight is 282 g/mol. The molecule has 0 aromatic heterocycles. The summed E-state index contributed by atoms with van der Waals surface area (Å²) >= 11 is 4.90. The molecule has 0 unspecified atom stereocenters. The van der Waals surface area contributed by atoms with Crippen molar-refractivity contribution in [1.82, 2.24) is 4.90 Å². The summed E-state index contributed by atoms with van der Waals surface area (Å²) in [5.74, 6) is 0.892. The van der Waals surface area contributed by atoms with Crippen LogP contribution >= 0.6 is 12.2 Å². The topological polar surface area (TPSA) is 47.7 Å². The van der Waals surface area contributed by atoms with E-state index >= 15 is 0 Å². The summed E-state index contributed by atoms with van der Waals surface area (Å²) in [6.07, 6.45) is 0.727. The molecule has 4 nitrogen and oxygen atoms in total. The third-order valence-electron chi connectivity index (χ3n) is 2.71. The van der Waals surface area contributed by atoms with Gasteiger partial charge in [0.05, 0.1) is 11.6 Å². The van der Waals surface area contributed by atoms with Gasteiger partial charge in [-0.1, -0.05) is 30.4 Å². The van der Waals surface area contributed by atoms with E-state index < -0.39 is 0 Å². The van der Waals surface area contributed by atoms with Crippen LogP contribution in [0.4, 0.5) is 0 Å². The normalized spacial score (nSPS) is 10.6. The van der Waals surface area contributed by atoms with Gasteiger partial charge in [0, 0.05) is 33.2 Å². The quantitative estimate of drug-likeness (QED) is 0.662. The van der Waals surface area contributed by atoms with E-state index in [9.17, 15) is 0 Å². The molecule has 0 bridgehead atoms. The highest BCUT2D eigenvalue weighted by Crippen LogP contribution is 2.08. The molecule has 0 saturated carbocycles. The van der Waals surface area contributed by atoms with Gasteiger partial charge in [0.1, 0.15) is 12.4 Å². The third kappa shape index (κ3) is 7.77. The Morgan fingerprint density at radius 2 is 1.84 bits per heavy atom. The Hall–Kier alpha value is -1.17. The lowest BCUT2D eigenvalue weighted by Crippen LogP contribution is -2.34. The Morgan fingerprint density at radius 1 is 1.16 bits per heavy atom. The van der Waals surface area contributed by atoms with Crippen molar-refractivity contribution in [2.45, 2.75) is 6.42 Å². The van der Waals surface area contributed by atoms with Crippen molar-refractivity contribution < 1.29 is 9.47 Å². The summed E-state index contributed by atoms with van der Waals surface area (Å²) in [4.78, 5) is 2.79. The van der Waals surface area contributed by atoms with Gasteiger partial charge in [0.15, 0.2) is 0 Å². The van der Waals surface area contributed by atoms with Crippen molar-refractivity contribution in [3.05, 3.63) is 30.3 Å². The summed E-state index contributed by atoms with van der Waals surface area (Å²) in [7, 11) is 1.70. The smallest absolute Gasteiger partial charge is 0.119 e. The van der Waals surface area contributed by atoms with Crippen LogP contribution < -0.4 is 10.5 Å². The van der Waals surface area contributed by atoms with Gasteiger partial charge < -0.3 is 15.2 Å². The first-order valence-electron chi connectivity index (χ1n) is 6.40. The van der Waals surface area contributed by atoms with Crippen LogP contribution in [-0.4, -0.2) is 49.8 Å².